The lowest BCUT2D eigenvalue weighted by Crippen LogP contribution is -2.42. The SMILES string of the molecule is CCCCCCCCCCCCN(CC)N(CC)CC. The predicted molar refractivity (Wildman–Crippen MR) is 92.0 cm³/mol. The fourth-order valence-corrected chi connectivity index (χ4v) is 2.90. The van der Waals surface area contributed by atoms with Crippen LogP contribution in [-0.4, -0.2) is 36.2 Å². The highest BCUT2D eigenvalue weighted by Gasteiger charge is 2.08. The van der Waals surface area contributed by atoms with Gasteiger partial charge in [0.05, 0.1) is 0 Å². The van der Waals surface area contributed by atoms with E-state index in [1.807, 2.05) is 0 Å². The Balaban J connectivity index is 3.37. The van der Waals surface area contributed by atoms with E-state index in [-0.39, 0.29) is 0 Å². The van der Waals surface area contributed by atoms with Crippen molar-refractivity contribution in [2.75, 3.05) is 26.2 Å². The van der Waals surface area contributed by atoms with Crippen LogP contribution in [0, 0.1) is 0 Å². The molecule has 0 spiro atoms. The fourth-order valence-electron chi connectivity index (χ4n) is 2.90. The monoisotopic (exact) mass is 284 g/mol. The maximum absolute atomic E-state index is 2.52. The minimum Gasteiger partial charge on any atom is -0.242 e. The second kappa shape index (κ2) is 15.3. The Morgan fingerprint density at radius 1 is 0.450 bits per heavy atom. The second-order valence-electron chi connectivity index (χ2n) is 5.87. The van der Waals surface area contributed by atoms with E-state index < -0.39 is 0 Å². The first kappa shape index (κ1) is 19.9. The summed E-state index contributed by atoms with van der Waals surface area (Å²) in [4.78, 5) is 0. The summed E-state index contributed by atoms with van der Waals surface area (Å²) in [5.41, 5.74) is 0. The van der Waals surface area contributed by atoms with Gasteiger partial charge in [-0.15, -0.1) is 0 Å². The molecule has 0 N–H and O–H groups in total. The molecule has 2 heteroatoms. The molecule has 2 nitrogen and oxygen atoms in total. The lowest BCUT2D eigenvalue weighted by molar-refractivity contribution is -0.0129. The van der Waals surface area contributed by atoms with Crippen LogP contribution in [0.15, 0.2) is 0 Å². The van der Waals surface area contributed by atoms with E-state index in [1.54, 1.807) is 0 Å². The predicted octanol–water partition coefficient (Wildman–Crippen LogP) is 5.49. The van der Waals surface area contributed by atoms with Crippen LogP contribution < -0.4 is 0 Å². The van der Waals surface area contributed by atoms with Gasteiger partial charge < -0.3 is 0 Å². The Kier molecular flexibility index (Phi) is 15.3. The quantitative estimate of drug-likeness (QED) is 0.290. The van der Waals surface area contributed by atoms with Crippen molar-refractivity contribution in [1.29, 1.82) is 0 Å². The van der Waals surface area contributed by atoms with Gasteiger partial charge in [0, 0.05) is 26.2 Å². The number of rotatable bonds is 15. The van der Waals surface area contributed by atoms with Gasteiger partial charge in [0.1, 0.15) is 0 Å². The van der Waals surface area contributed by atoms with Crippen molar-refractivity contribution in [3.05, 3.63) is 0 Å². The molecule has 0 bridgehead atoms. The molecule has 0 aromatic heterocycles. The van der Waals surface area contributed by atoms with Gasteiger partial charge in [0.2, 0.25) is 0 Å². The normalized spacial score (nSPS) is 11.7. The molecule has 0 aromatic carbocycles. The molecule has 20 heavy (non-hydrogen) atoms. The average molecular weight is 285 g/mol. The minimum atomic E-state index is 1.14. The van der Waals surface area contributed by atoms with Crippen molar-refractivity contribution < 1.29 is 0 Å². The molecule has 0 saturated heterocycles. The van der Waals surface area contributed by atoms with Crippen molar-refractivity contribution in [1.82, 2.24) is 10.0 Å². The summed E-state index contributed by atoms with van der Waals surface area (Å²) in [7, 11) is 0. The first-order valence-electron chi connectivity index (χ1n) is 9.29. The Labute approximate surface area is 128 Å². The number of unbranched alkanes of at least 4 members (excludes halogenated alkanes) is 9. The molecule has 0 aromatic rings. The summed E-state index contributed by atoms with van der Waals surface area (Å²) in [6.45, 7) is 13.7. The molecule has 0 rings (SSSR count). The summed E-state index contributed by atoms with van der Waals surface area (Å²) in [6, 6.07) is 0. The van der Waals surface area contributed by atoms with Gasteiger partial charge in [0.25, 0.3) is 0 Å². The molecular formula is C18H40N2. The summed E-state index contributed by atoms with van der Waals surface area (Å²) < 4.78 is 0. The first-order valence-corrected chi connectivity index (χ1v) is 9.29. The van der Waals surface area contributed by atoms with Gasteiger partial charge in [-0.25, -0.2) is 10.0 Å². The summed E-state index contributed by atoms with van der Waals surface area (Å²) >= 11 is 0. The Morgan fingerprint density at radius 2 is 0.850 bits per heavy atom. The van der Waals surface area contributed by atoms with Crippen molar-refractivity contribution in [2.24, 2.45) is 0 Å². The van der Waals surface area contributed by atoms with Gasteiger partial charge in [-0.2, -0.15) is 0 Å². The van der Waals surface area contributed by atoms with Crippen LogP contribution >= 0.6 is 0 Å². The van der Waals surface area contributed by atoms with Gasteiger partial charge in [-0.05, 0) is 6.42 Å². The first-order chi connectivity index (χ1) is 9.79. The third kappa shape index (κ3) is 10.7. The van der Waals surface area contributed by atoms with Crippen molar-refractivity contribution in [2.45, 2.75) is 91.9 Å². The summed E-state index contributed by atoms with van der Waals surface area (Å²) in [5, 5.41) is 4.98. The Bertz CT molecular complexity index is 178. The minimum absolute atomic E-state index is 1.14. The molecule has 0 aliphatic carbocycles. The van der Waals surface area contributed by atoms with Crippen LogP contribution in [0.1, 0.15) is 91.9 Å². The molecular weight excluding hydrogens is 244 g/mol. The highest BCUT2D eigenvalue weighted by Crippen LogP contribution is 2.11. The van der Waals surface area contributed by atoms with Gasteiger partial charge >= 0.3 is 0 Å². The highest BCUT2D eigenvalue weighted by molar-refractivity contribution is 4.55. The summed E-state index contributed by atoms with van der Waals surface area (Å²) in [6.07, 6.45) is 14.3. The van der Waals surface area contributed by atoms with E-state index in [0.717, 1.165) is 19.6 Å². The Morgan fingerprint density at radius 3 is 1.25 bits per heavy atom. The van der Waals surface area contributed by atoms with E-state index in [1.165, 1.54) is 70.8 Å². The third-order valence-electron chi connectivity index (χ3n) is 4.26. The zero-order valence-electron chi connectivity index (χ0n) is 14.8. The topological polar surface area (TPSA) is 6.48 Å². The molecule has 122 valence electrons. The van der Waals surface area contributed by atoms with Crippen LogP contribution in [-0.2, 0) is 0 Å². The van der Waals surface area contributed by atoms with Gasteiger partial charge in [0.15, 0.2) is 0 Å². The van der Waals surface area contributed by atoms with E-state index in [0.29, 0.717) is 0 Å². The van der Waals surface area contributed by atoms with Crippen molar-refractivity contribution in [3.8, 4) is 0 Å². The lowest BCUT2D eigenvalue weighted by Gasteiger charge is -2.32. The number of hydrogen-bond donors (Lipinski definition) is 0. The van der Waals surface area contributed by atoms with E-state index in [4.69, 9.17) is 0 Å². The summed E-state index contributed by atoms with van der Waals surface area (Å²) in [5.74, 6) is 0. The van der Waals surface area contributed by atoms with Crippen molar-refractivity contribution >= 4 is 0 Å². The molecule has 0 amide bonds. The van der Waals surface area contributed by atoms with Crippen LogP contribution in [0.3, 0.4) is 0 Å². The second-order valence-corrected chi connectivity index (χ2v) is 5.87. The highest BCUT2D eigenvalue weighted by atomic mass is 15.6. The van der Waals surface area contributed by atoms with Crippen LogP contribution in [0.25, 0.3) is 0 Å². The zero-order chi connectivity index (χ0) is 15.1. The number of hydrazine groups is 1. The van der Waals surface area contributed by atoms with Crippen LogP contribution in [0.4, 0.5) is 0 Å². The smallest absolute Gasteiger partial charge is 0.0133 e. The van der Waals surface area contributed by atoms with E-state index in [2.05, 4.69) is 37.7 Å². The van der Waals surface area contributed by atoms with Gasteiger partial charge in [-0.1, -0.05) is 85.5 Å². The molecule has 0 saturated carbocycles. The van der Waals surface area contributed by atoms with Crippen molar-refractivity contribution in [3.63, 3.8) is 0 Å². The zero-order valence-corrected chi connectivity index (χ0v) is 14.8. The Hall–Kier alpha value is -0.0800. The maximum atomic E-state index is 2.52. The lowest BCUT2D eigenvalue weighted by atomic mass is 10.1. The molecule has 0 aliphatic heterocycles. The molecule has 0 unspecified atom stereocenters. The van der Waals surface area contributed by atoms with E-state index in [9.17, 15) is 0 Å². The third-order valence-corrected chi connectivity index (χ3v) is 4.26. The molecule has 0 atom stereocenters. The largest absolute Gasteiger partial charge is 0.242 e. The van der Waals surface area contributed by atoms with E-state index >= 15 is 0 Å². The standard InChI is InChI=1S/C18H40N2/c1-5-9-10-11-12-13-14-15-16-17-18-20(8-4)19(6-2)7-3/h5-18H2,1-4H3. The molecule has 0 fully saturated rings. The molecule has 0 heterocycles. The van der Waals surface area contributed by atoms with Gasteiger partial charge in [-0.3, -0.25) is 0 Å². The number of nitrogens with zero attached hydrogens (tertiary/aromatic N) is 2. The maximum Gasteiger partial charge on any atom is 0.0133 e. The fraction of sp³-hybridized carbons (Fsp3) is 1.00. The molecule has 0 aliphatic rings. The van der Waals surface area contributed by atoms with Crippen LogP contribution in [0.2, 0.25) is 0 Å². The average Bonchev–Trinajstić information content (AvgIpc) is 2.48. The molecule has 0 radical (unpaired) electrons. The van der Waals surface area contributed by atoms with Crippen LogP contribution in [0.5, 0.6) is 0 Å². The number of hydrogen-bond acceptors (Lipinski definition) is 2.